The fourth-order valence-electron chi connectivity index (χ4n) is 3.38. The zero-order chi connectivity index (χ0) is 22.8. The average Bonchev–Trinajstić information content (AvgIpc) is 3.18. The molecule has 1 aliphatic rings. The number of nitrogens with one attached hydrogen (secondary N) is 2. The number of fused-ring (bicyclic) bond motifs is 1. The number of rotatable bonds is 5. The van der Waals surface area contributed by atoms with E-state index >= 15 is 4.39 Å². The number of halogens is 1. The number of anilines is 2. The quantitative estimate of drug-likeness (QED) is 0.594. The third-order valence-corrected chi connectivity index (χ3v) is 5.30. The first kappa shape index (κ1) is 21.0. The summed E-state index contributed by atoms with van der Waals surface area (Å²) in [6.45, 7) is 5.78. The van der Waals surface area contributed by atoms with Crippen LogP contribution in [0.1, 0.15) is 23.0 Å². The van der Waals surface area contributed by atoms with E-state index in [0.29, 0.717) is 11.1 Å². The van der Waals surface area contributed by atoms with Crippen molar-refractivity contribution in [2.75, 3.05) is 24.7 Å². The molecular formula is C24H22FN5O2. The second kappa shape index (κ2) is 8.50. The number of aromatic nitrogens is 2. The maximum Gasteiger partial charge on any atom is 0.260 e. The van der Waals surface area contributed by atoms with Gasteiger partial charge in [0.1, 0.15) is 5.69 Å². The number of carbonyl (C=O) groups excluding carboxylic acids is 1. The number of benzene rings is 1. The van der Waals surface area contributed by atoms with Gasteiger partial charge in [-0.1, -0.05) is 23.9 Å². The number of carbonyl (C=O) groups is 1. The largest absolute Gasteiger partial charge is 0.388 e. The van der Waals surface area contributed by atoms with E-state index in [1.54, 1.807) is 37.4 Å². The summed E-state index contributed by atoms with van der Waals surface area (Å²) in [5, 5.41) is 9.79. The van der Waals surface area contributed by atoms with Crippen molar-refractivity contribution in [3.63, 3.8) is 0 Å². The molecule has 0 aliphatic carbocycles. The van der Waals surface area contributed by atoms with Gasteiger partial charge in [0.15, 0.2) is 11.6 Å². The summed E-state index contributed by atoms with van der Waals surface area (Å²) in [7, 11) is 3.68. The number of hydrogen-bond acceptors (Lipinski definition) is 6. The Hall–Kier alpha value is -4.20. The van der Waals surface area contributed by atoms with Crippen LogP contribution in [0.25, 0.3) is 16.7 Å². The summed E-state index contributed by atoms with van der Waals surface area (Å²) in [5.74, 6) is -0.870. The van der Waals surface area contributed by atoms with Crippen LogP contribution in [0.4, 0.5) is 15.9 Å². The molecule has 7 nitrogen and oxygen atoms in total. The van der Waals surface area contributed by atoms with Crippen molar-refractivity contribution < 1.29 is 13.7 Å². The average molecular weight is 431 g/mol. The Bertz CT molecular complexity index is 1300. The molecule has 2 N–H and O–H groups in total. The van der Waals surface area contributed by atoms with Gasteiger partial charge in [0.05, 0.1) is 11.1 Å². The van der Waals surface area contributed by atoms with Crippen LogP contribution in [-0.2, 0) is 0 Å². The molecule has 4 rings (SSSR count). The van der Waals surface area contributed by atoms with Crippen LogP contribution in [0, 0.1) is 5.82 Å². The molecule has 0 saturated carbocycles. The third-order valence-electron chi connectivity index (χ3n) is 5.30. The molecule has 1 aliphatic heterocycles. The zero-order valence-electron chi connectivity index (χ0n) is 17.9. The van der Waals surface area contributed by atoms with Gasteiger partial charge in [-0.25, -0.2) is 9.37 Å². The van der Waals surface area contributed by atoms with Gasteiger partial charge >= 0.3 is 0 Å². The molecule has 0 saturated heterocycles. The predicted molar refractivity (Wildman–Crippen MR) is 123 cm³/mol. The van der Waals surface area contributed by atoms with Gasteiger partial charge in [0.25, 0.3) is 11.6 Å². The summed E-state index contributed by atoms with van der Waals surface area (Å²) >= 11 is 0. The highest BCUT2D eigenvalue weighted by Gasteiger charge is 2.21. The fraction of sp³-hybridized carbons (Fsp3) is 0.125. The number of hydrogen-bond donors (Lipinski definition) is 2. The highest BCUT2D eigenvalue weighted by Crippen LogP contribution is 2.31. The second-order valence-electron chi connectivity index (χ2n) is 7.21. The number of allylic oxidation sites excluding steroid dienone is 6. The van der Waals surface area contributed by atoms with E-state index in [9.17, 15) is 4.79 Å². The minimum atomic E-state index is -0.578. The molecule has 0 bridgehead atoms. The Morgan fingerprint density at radius 3 is 2.72 bits per heavy atom. The van der Waals surface area contributed by atoms with Crippen LogP contribution in [-0.4, -0.2) is 35.0 Å². The number of nitrogens with zero attached hydrogens (tertiary/aromatic N) is 3. The van der Waals surface area contributed by atoms with Crippen LogP contribution in [0.15, 0.2) is 77.1 Å². The molecule has 162 valence electrons. The number of likely N-dealkylation sites (N-methyl/N-ethyl adjacent to an activating group) is 1. The van der Waals surface area contributed by atoms with Gasteiger partial charge in [-0.3, -0.25) is 4.79 Å². The first-order valence-electron chi connectivity index (χ1n) is 9.93. The van der Waals surface area contributed by atoms with Crippen LogP contribution >= 0.6 is 0 Å². The van der Waals surface area contributed by atoms with Crippen LogP contribution in [0.5, 0.6) is 0 Å². The van der Waals surface area contributed by atoms with Crippen molar-refractivity contribution in [3.8, 4) is 0 Å². The van der Waals surface area contributed by atoms with Crippen molar-refractivity contribution in [3.05, 3.63) is 89.7 Å². The van der Waals surface area contributed by atoms with Crippen molar-refractivity contribution >= 4 is 34.1 Å². The first-order valence-corrected chi connectivity index (χ1v) is 9.93. The third kappa shape index (κ3) is 3.78. The standard InChI is InChI=1S/C24H22FN5O2/c1-5-17(20-8-6-7-14(2)30(20)4)21-19(25)13-18-22(29-32-24(18)27-21)28-23(31)15-9-11-16(26-3)12-10-15/h5-13,26H,1H2,2-4H3,(H,28,29,31). The summed E-state index contributed by atoms with van der Waals surface area (Å²) in [6, 6.07) is 8.16. The van der Waals surface area contributed by atoms with Crippen LogP contribution in [0.3, 0.4) is 0 Å². The summed E-state index contributed by atoms with van der Waals surface area (Å²) in [5.41, 5.74) is 3.77. The van der Waals surface area contributed by atoms with E-state index in [-0.39, 0.29) is 22.6 Å². The number of amides is 1. The Labute approximate surface area is 184 Å². The lowest BCUT2D eigenvalue weighted by molar-refractivity contribution is 0.102. The molecule has 3 aromatic rings. The van der Waals surface area contributed by atoms with Crippen LogP contribution < -0.4 is 10.6 Å². The smallest absolute Gasteiger partial charge is 0.260 e. The normalized spacial score (nSPS) is 14.9. The van der Waals surface area contributed by atoms with Gasteiger partial charge in [0.2, 0.25) is 0 Å². The lowest BCUT2D eigenvalue weighted by Crippen LogP contribution is -2.18. The SMILES string of the molecule is C=CC(=C1C=CC=C(C)N1C)c1nc2onc(NC(=O)c3ccc(NC)cc3)c2cc1F. The zero-order valence-corrected chi connectivity index (χ0v) is 17.9. The molecule has 0 atom stereocenters. The highest BCUT2D eigenvalue weighted by atomic mass is 19.1. The van der Waals surface area contributed by atoms with Gasteiger partial charge in [-0.15, -0.1) is 0 Å². The van der Waals surface area contributed by atoms with Gasteiger partial charge in [-0.2, -0.15) is 0 Å². The Kier molecular flexibility index (Phi) is 5.59. The monoisotopic (exact) mass is 431 g/mol. The van der Waals surface area contributed by atoms with E-state index in [4.69, 9.17) is 4.52 Å². The topological polar surface area (TPSA) is 83.3 Å². The van der Waals surface area contributed by atoms with Crippen LogP contribution in [0.2, 0.25) is 0 Å². The maximum absolute atomic E-state index is 15.1. The molecule has 1 amide bonds. The first-order chi connectivity index (χ1) is 15.4. The number of pyridine rings is 1. The molecule has 0 spiro atoms. The summed E-state index contributed by atoms with van der Waals surface area (Å²) < 4.78 is 20.4. The van der Waals surface area contributed by atoms with E-state index < -0.39 is 11.7 Å². The van der Waals surface area contributed by atoms with Gasteiger partial charge in [0, 0.05) is 36.6 Å². The van der Waals surface area contributed by atoms with Crippen molar-refractivity contribution in [2.24, 2.45) is 0 Å². The van der Waals surface area contributed by atoms with Crippen molar-refractivity contribution in [2.45, 2.75) is 6.92 Å². The molecule has 0 radical (unpaired) electrons. The molecule has 32 heavy (non-hydrogen) atoms. The molecule has 8 heteroatoms. The Balaban J connectivity index is 1.69. The molecule has 1 aromatic carbocycles. The minimum absolute atomic E-state index is 0.0883. The van der Waals surface area contributed by atoms with Gasteiger partial charge in [-0.05, 0) is 49.4 Å². The lowest BCUT2D eigenvalue weighted by atomic mass is 10.0. The van der Waals surface area contributed by atoms with E-state index in [2.05, 4.69) is 27.4 Å². The Morgan fingerprint density at radius 1 is 1.28 bits per heavy atom. The van der Waals surface area contributed by atoms with Gasteiger partial charge < -0.3 is 20.1 Å². The molecule has 0 fully saturated rings. The summed E-state index contributed by atoms with van der Waals surface area (Å²) in [6.07, 6.45) is 7.26. The fourth-order valence-corrected chi connectivity index (χ4v) is 3.38. The lowest BCUT2D eigenvalue weighted by Gasteiger charge is -2.26. The van der Waals surface area contributed by atoms with E-state index in [1.165, 1.54) is 6.07 Å². The molecule has 3 heterocycles. The molecular weight excluding hydrogens is 409 g/mol. The minimum Gasteiger partial charge on any atom is -0.388 e. The highest BCUT2D eigenvalue weighted by molar-refractivity contribution is 6.07. The second-order valence-corrected chi connectivity index (χ2v) is 7.21. The molecule has 0 unspecified atom stereocenters. The molecule has 2 aromatic heterocycles. The van der Waals surface area contributed by atoms with E-state index in [0.717, 1.165) is 17.1 Å². The summed E-state index contributed by atoms with van der Waals surface area (Å²) in [4.78, 5) is 18.8. The Morgan fingerprint density at radius 2 is 2.03 bits per heavy atom. The van der Waals surface area contributed by atoms with Crippen molar-refractivity contribution in [1.29, 1.82) is 0 Å². The van der Waals surface area contributed by atoms with Crippen molar-refractivity contribution in [1.82, 2.24) is 15.0 Å². The van der Waals surface area contributed by atoms with E-state index in [1.807, 2.05) is 37.1 Å². The maximum atomic E-state index is 15.1. The predicted octanol–water partition coefficient (Wildman–Crippen LogP) is 4.96.